The van der Waals surface area contributed by atoms with Crippen LogP contribution in [0.4, 0.5) is 4.79 Å². The summed E-state index contributed by atoms with van der Waals surface area (Å²) in [5, 5.41) is 7.27. The molecule has 0 radical (unpaired) electrons. The van der Waals surface area contributed by atoms with Crippen molar-refractivity contribution in [1.29, 1.82) is 0 Å². The highest BCUT2D eigenvalue weighted by atomic mass is 16.6. The second-order valence-electron chi connectivity index (χ2n) is 7.61. The lowest BCUT2D eigenvalue weighted by Gasteiger charge is -2.30. The molecule has 1 N–H and O–H groups in total. The lowest BCUT2D eigenvalue weighted by molar-refractivity contribution is 0.0219. The van der Waals surface area contributed by atoms with Crippen LogP contribution in [0.2, 0.25) is 0 Å². The molecular weight excluding hydrogens is 322 g/mol. The van der Waals surface area contributed by atoms with E-state index in [0.717, 1.165) is 17.8 Å². The minimum absolute atomic E-state index is 0.163. The Bertz CT molecular complexity index is 645. The fourth-order valence-electron chi connectivity index (χ4n) is 2.71. The molecule has 140 valence electrons. The number of aromatic nitrogens is 2. The number of ether oxygens (including phenoxy) is 1. The van der Waals surface area contributed by atoms with Crippen molar-refractivity contribution in [2.45, 2.75) is 39.3 Å². The highest BCUT2D eigenvalue weighted by molar-refractivity contribution is 5.94. The van der Waals surface area contributed by atoms with Gasteiger partial charge in [-0.15, -0.1) is 0 Å². The Balaban J connectivity index is 2.08. The van der Waals surface area contributed by atoms with Gasteiger partial charge < -0.3 is 19.9 Å². The lowest BCUT2D eigenvalue weighted by atomic mass is 10.0. The number of nitrogens with zero attached hydrogens (tertiary/aromatic N) is 4. The van der Waals surface area contributed by atoms with Crippen LogP contribution in [-0.4, -0.2) is 70.9 Å². The lowest BCUT2D eigenvalue weighted by Crippen LogP contribution is -2.40. The third-order valence-corrected chi connectivity index (χ3v) is 3.96. The standard InChI is InChI=1S/C17H29N5O3/c1-17(2,3)25-16(24)22-9-7-12-13(11-22)21(6)19-14(12)15(23)18-8-10-20(4)5/h7-11H2,1-6H3,(H,18,23). The first-order chi connectivity index (χ1) is 11.6. The first-order valence-electron chi connectivity index (χ1n) is 8.54. The molecule has 1 aliphatic rings. The second kappa shape index (κ2) is 7.43. The van der Waals surface area contributed by atoms with E-state index in [1.54, 1.807) is 16.6 Å². The van der Waals surface area contributed by atoms with Crippen molar-refractivity contribution in [1.82, 2.24) is 24.9 Å². The minimum atomic E-state index is -0.526. The van der Waals surface area contributed by atoms with E-state index in [0.29, 0.717) is 31.7 Å². The molecule has 0 atom stereocenters. The predicted octanol–water partition coefficient (Wildman–Crippen LogP) is 1.00. The SMILES string of the molecule is CN(C)CCNC(=O)c1nn(C)c2c1CCN(C(=O)OC(C)(C)C)C2. The molecule has 2 rings (SSSR count). The van der Waals surface area contributed by atoms with Crippen molar-refractivity contribution in [3.63, 3.8) is 0 Å². The van der Waals surface area contributed by atoms with Crippen LogP contribution in [0.25, 0.3) is 0 Å². The van der Waals surface area contributed by atoms with Crippen LogP contribution < -0.4 is 5.32 Å². The van der Waals surface area contributed by atoms with Crippen LogP contribution in [0, 0.1) is 0 Å². The molecule has 2 heterocycles. The molecule has 0 aromatic carbocycles. The number of nitrogens with one attached hydrogen (secondary N) is 1. The van der Waals surface area contributed by atoms with Gasteiger partial charge in [-0.1, -0.05) is 0 Å². The Morgan fingerprint density at radius 1 is 1.32 bits per heavy atom. The topological polar surface area (TPSA) is 79.7 Å². The van der Waals surface area contributed by atoms with Crippen molar-refractivity contribution in [3.05, 3.63) is 17.0 Å². The summed E-state index contributed by atoms with van der Waals surface area (Å²) < 4.78 is 7.12. The predicted molar refractivity (Wildman–Crippen MR) is 94.4 cm³/mol. The van der Waals surface area contributed by atoms with Crippen molar-refractivity contribution in [2.75, 3.05) is 33.7 Å². The Hall–Kier alpha value is -2.09. The number of amides is 2. The molecule has 1 aliphatic heterocycles. The van der Waals surface area contributed by atoms with E-state index in [9.17, 15) is 9.59 Å². The van der Waals surface area contributed by atoms with Crippen LogP contribution in [0.1, 0.15) is 42.5 Å². The number of rotatable bonds is 4. The molecule has 0 saturated heterocycles. The first-order valence-corrected chi connectivity index (χ1v) is 8.54. The van der Waals surface area contributed by atoms with Gasteiger partial charge in [0.1, 0.15) is 5.60 Å². The number of likely N-dealkylation sites (N-methyl/N-ethyl adjacent to an activating group) is 1. The van der Waals surface area contributed by atoms with Gasteiger partial charge in [0.2, 0.25) is 0 Å². The summed E-state index contributed by atoms with van der Waals surface area (Å²) in [6.45, 7) is 7.81. The van der Waals surface area contributed by atoms with E-state index in [1.165, 1.54) is 0 Å². The molecule has 0 fully saturated rings. The van der Waals surface area contributed by atoms with Crippen molar-refractivity contribution in [2.24, 2.45) is 7.05 Å². The van der Waals surface area contributed by atoms with E-state index in [2.05, 4.69) is 10.4 Å². The van der Waals surface area contributed by atoms with Crippen LogP contribution in [0.3, 0.4) is 0 Å². The number of hydrogen-bond donors (Lipinski definition) is 1. The molecule has 2 amide bonds. The quantitative estimate of drug-likeness (QED) is 0.876. The molecule has 8 nitrogen and oxygen atoms in total. The third-order valence-electron chi connectivity index (χ3n) is 3.96. The minimum Gasteiger partial charge on any atom is -0.444 e. The van der Waals surface area contributed by atoms with Crippen LogP contribution in [0.5, 0.6) is 0 Å². The summed E-state index contributed by atoms with van der Waals surface area (Å²) in [4.78, 5) is 28.3. The summed E-state index contributed by atoms with van der Waals surface area (Å²) >= 11 is 0. The highest BCUT2D eigenvalue weighted by Crippen LogP contribution is 2.23. The van der Waals surface area contributed by atoms with Gasteiger partial charge in [-0.25, -0.2) is 4.79 Å². The van der Waals surface area contributed by atoms with Crippen LogP contribution in [0.15, 0.2) is 0 Å². The number of fused-ring (bicyclic) bond motifs is 1. The summed E-state index contributed by atoms with van der Waals surface area (Å²) in [5.41, 5.74) is 1.74. The number of carbonyl (C=O) groups excluding carboxylic acids is 2. The van der Waals surface area contributed by atoms with Crippen molar-refractivity contribution in [3.8, 4) is 0 Å². The van der Waals surface area contributed by atoms with Gasteiger partial charge in [0.15, 0.2) is 5.69 Å². The highest BCUT2D eigenvalue weighted by Gasteiger charge is 2.31. The van der Waals surface area contributed by atoms with Gasteiger partial charge in [-0.05, 0) is 41.3 Å². The molecule has 1 aromatic heterocycles. The van der Waals surface area contributed by atoms with E-state index < -0.39 is 5.60 Å². The van der Waals surface area contributed by atoms with Crippen molar-refractivity contribution < 1.29 is 14.3 Å². The normalized spacial score (nSPS) is 14.4. The molecule has 25 heavy (non-hydrogen) atoms. The summed E-state index contributed by atoms with van der Waals surface area (Å²) in [7, 11) is 5.72. The molecule has 0 saturated carbocycles. The monoisotopic (exact) mass is 351 g/mol. The Morgan fingerprint density at radius 3 is 2.60 bits per heavy atom. The van der Waals surface area contributed by atoms with Crippen molar-refractivity contribution >= 4 is 12.0 Å². The molecule has 8 heteroatoms. The van der Waals surface area contributed by atoms with E-state index in [-0.39, 0.29) is 12.0 Å². The number of hydrogen-bond acceptors (Lipinski definition) is 5. The molecule has 0 spiro atoms. The van der Waals surface area contributed by atoms with E-state index in [1.807, 2.05) is 39.8 Å². The van der Waals surface area contributed by atoms with Gasteiger partial charge in [-0.2, -0.15) is 5.10 Å². The van der Waals surface area contributed by atoms with E-state index >= 15 is 0 Å². The molecule has 0 bridgehead atoms. The fraction of sp³-hybridized carbons (Fsp3) is 0.706. The fourth-order valence-corrected chi connectivity index (χ4v) is 2.71. The zero-order chi connectivity index (χ0) is 18.8. The number of aryl methyl sites for hydroxylation is 1. The van der Waals surface area contributed by atoms with Gasteiger partial charge in [-0.3, -0.25) is 9.48 Å². The average Bonchev–Trinajstić information content (AvgIpc) is 2.82. The Morgan fingerprint density at radius 2 is 2.00 bits per heavy atom. The summed E-state index contributed by atoms with van der Waals surface area (Å²) in [6, 6.07) is 0. The smallest absolute Gasteiger partial charge is 0.410 e. The van der Waals surface area contributed by atoms with Gasteiger partial charge in [0.05, 0.1) is 12.2 Å². The maximum atomic E-state index is 12.4. The largest absolute Gasteiger partial charge is 0.444 e. The van der Waals surface area contributed by atoms with Crippen LogP contribution >= 0.6 is 0 Å². The van der Waals surface area contributed by atoms with Gasteiger partial charge in [0, 0.05) is 32.2 Å². The summed E-state index contributed by atoms with van der Waals surface area (Å²) in [5.74, 6) is -0.163. The molecular formula is C17H29N5O3. The first kappa shape index (κ1) is 19.2. The number of carbonyl (C=O) groups is 2. The zero-order valence-electron chi connectivity index (χ0n) is 16.0. The Kier molecular flexibility index (Phi) is 5.72. The zero-order valence-corrected chi connectivity index (χ0v) is 16.0. The second-order valence-corrected chi connectivity index (χ2v) is 7.61. The molecule has 1 aromatic rings. The van der Waals surface area contributed by atoms with Gasteiger partial charge >= 0.3 is 6.09 Å². The van der Waals surface area contributed by atoms with E-state index in [4.69, 9.17) is 4.74 Å². The maximum absolute atomic E-state index is 12.4. The Labute approximate surface area is 149 Å². The molecule has 0 unspecified atom stereocenters. The summed E-state index contributed by atoms with van der Waals surface area (Å²) in [6.07, 6.45) is 0.259. The maximum Gasteiger partial charge on any atom is 0.410 e. The van der Waals surface area contributed by atoms with Gasteiger partial charge in [0.25, 0.3) is 5.91 Å². The molecule has 0 aliphatic carbocycles. The van der Waals surface area contributed by atoms with Crippen LogP contribution in [-0.2, 0) is 24.8 Å². The average molecular weight is 351 g/mol. The third kappa shape index (κ3) is 4.94.